The van der Waals surface area contributed by atoms with Gasteiger partial charge in [0.2, 0.25) is 0 Å². The van der Waals surface area contributed by atoms with Gasteiger partial charge < -0.3 is 14.9 Å². The van der Waals surface area contributed by atoms with E-state index in [1.54, 1.807) is 24.3 Å². The van der Waals surface area contributed by atoms with E-state index in [-0.39, 0.29) is 29.5 Å². The first kappa shape index (κ1) is 25.8. The maximum absolute atomic E-state index is 13.1. The molecule has 4 nitrogen and oxygen atoms in total. The first-order valence-corrected chi connectivity index (χ1v) is 13.6. The Kier molecular flexibility index (Phi) is 8.21. The largest absolute Gasteiger partial charge is 0.508 e. The van der Waals surface area contributed by atoms with Gasteiger partial charge in [-0.2, -0.15) is 0 Å². The summed E-state index contributed by atoms with van der Waals surface area (Å²) in [4.78, 5) is 13.1. The zero-order valence-electron chi connectivity index (χ0n) is 21.5. The summed E-state index contributed by atoms with van der Waals surface area (Å²) in [5, 5.41) is 19.6. The van der Waals surface area contributed by atoms with Crippen LogP contribution in [0.3, 0.4) is 0 Å². The first-order chi connectivity index (χ1) is 16.8. The predicted octanol–water partition coefficient (Wildman–Crippen LogP) is 7.30. The van der Waals surface area contributed by atoms with Gasteiger partial charge in [-0.05, 0) is 85.8 Å². The summed E-state index contributed by atoms with van der Waals surface area (Å²) >= 11 is 0. The van der Waals surface area contributed by atoms with Crippen molar-refractivity contribution in [2.45, 2.75) is 95.5 Å². The van der Waals surface area contributed by atoms with Crippen LogP contribution in [0, 0.1) is 11.8 Å². The molecule has 2 aliphatic carbocycles. The van der Waals surface area contributed by atoms with Gasteiger partial charge in [0, 0.05) is 11.8 Å². The van der Waals surface area contributed by atoms with Crippen LogP contribution in [-0.4, -0.2) is 28.2 Å². The molecule has 0 radical (unpaired) electrons. The zero-order valence-corrected chi connectivity index (χ0v) is 21.5. The number of ketones is 1. The fourth-order valence-electron chi connectivity index (χ4n) is 6.48. The van der Waals surface area contributed by atoms with Crippen LogP contribution in [0.5, 0.6) is 11.5 Å². The molecule has 0 unspecified atom stereocenters. The summed E-state index contributed by atoms with van der Waals surface area (Å²) < 4.78 is 6.50. The number of rotatable bonds is 9. The number of hydrogen-bond acceptors (Lipinski definition) is 4. The van der Waals surface area contributed by atoms with E-state index in [0.717, 1.165) is 42.2 Å². The van der Waals surface area contributed by atoms with Crippen LogP contribution < -0.4 is 0 Å². The number of ether oxygens (including phenoxy) is 1. The Bertz CT molecular complexity index is 919. The lowest BCUT2D eigenvalue weighted by Gasteiger charge is -2.35. The molecule has 2 aliphatic rings. The van der Waals surface area contributed by atoms with Crippen molar-refractivity contribution < 1.29 is 19.7 Å². The van der Waals surface area contributed by atoms with Gasteiger partial charge in [0.15, 0.2) is 5.78 Å². The van der Waals surface area contributed by atoms with Crippen molar-refractivity contribution in [2.24, 2.45) is 11.8 Å². The Morgan fingerprint density at radius 1 is 0.943 bits per heavy atom. The Balaban J connectivity index is 1.43. The second-order valence-corrected chi connectivity index (χ2v) is 11.3. The molecule has 2 aromatic rings. The van der Waals surface area contributed by atoms with Crippen molar-refractivity contribution in [1.82, 2.24) is 0 Å². The Morgan fingerprint density at radius 3 is 2.09 bits per heavy atom. The third-order valence-corrected chi connectivity index (χ3v) is 8.91. The normalized spacial score (nSPS) is 25.0. The zero-order chi connectivity index (χ0) is 24.9. The van der Waals surface area contributed by atoms with E-state index in [1.807, 2.05) is 24.3 Å². The van der Waals surface area contributed by atoms with E-state index in [4.69, 9.17) is 4.74 Å². The second-order valence-electron chi connectivity index (χ2n) is 11.3. The molecule has 4 rings (SSSR count). The number of fused-ring (bicyclic) bond motifs is 2. The lowest BCUT2D eigenvalue weighted by atomic mass is 9.72. The quantitative estimate of drug-likeness (QED) is 0.397. The fourth-order valence-corrected chi connectivity index (χ4v) is 6.48. The number of Topliss-reactive ketones (excluding diaryl/α,β-unsaturated/α-hetero) is 1. The number of phenolic OH excluding ortho intramolecular Hbond substituents is 2. The molecule has 0 aliphatic heterocycles. The minimum atomic E-state index is -0.420. The standard InChI is InChI=1S/C31H42O4/c1-3-31(19-16-23-6-4-5-7-24(20-23)21-31)35-22-29(34)17-18-30(2,25-8-12-27(32)13-9-25)26-10-14-28(33)15-11-26/h8-15,23-24,32-33H,3-7,16-22H2,1-2H3/t23-,24-,31+/m1/s1. The number of carbonyl (C=O) groups excluding carboxylic acids is 1. The molecule has 2 saturated carbocycles. The SMILES string of the molecule is CC[C@]1(OCC(=O)CCC(C)(c2ccc(O)cc2)c2ccc(O)cc2)CC[C@H]2CCCC[C@H](C2)C1. The van der Waals surface area contributed by atoms with Gasteiger partial charge in [0.05, 0.1) is 5.60 Å². The third kappa shape index (κ3) is 6.27. The van der Waals surface area contributed by atoms with Crippen molar-refractivity contribution in [3.63, 3.8) is 0 Å². The highest BCUT2D eigenvalue weighted by molar-refractivity contribution is 5.80. The fraction of sp³-hybridized carbons (Fsp3) is 0.581. The van der Waals surface area contributed by atoms with E-state index in [2.05, 4.69) is 13.8 Å². The van der Waals surface area contributed by atoms with E-state index in [9.17, 15) is 15.0 Å². The first-order valence-electron chi connectivity index (χ1n) is 13.6. The van der Waals surface area contributed by atoms with Crippen molar-refractivity contribution in [1.29, 1.82) is 0 Å². The second kappa shape index (κ2) is 11.2. The molecule has 0 heterocycles. The highest BCUT2D eigenvalue weighted by atomic mass is 16.5. The molecular weight excluding hydrogens is 436 g/mol. The Labute approximate surface area is 210 Å². The minimum absolute atomic E-state index is 0.144. The topological polar surface area (TPSA) is 66.8 Å². The molecule has 3 atom stereocenters. The molecule has 2 N–H and O–H groups in total. The predicted molar refractivity (Wildman–Crippen MR) is 140 cm³/mol. The van der Waals surface area contributed by atoms with Gasteiger partial charge in [-0.3, -0.25) is 4.79 Å². The molecule has 2 aromatic carbocycles. The maximum atomic E-state index is 13.1. The number of hydrogen-bond donors (Lipinski definition) is 2. The van der Waals surface area contributed by atoms with Crippen LogP contribution in [0.1, 0.15) is 95.6 Å². The monoisotopic (exact) mass is 478 g/mol. The average molecular weight is 479 g/mol. The summed E-state index contributed by atoms with van der Waals surface area (Å²) in [5.41, 5.74) is 1.50. The molecule has 0 amide bonds. The smallest absolute Gasteiger partial charge is 0.158 e. The van der Waals surface area contributed by atoms with E-state index >= 15 is 0 Å². The molecule has 35 heavy (non-hydrogen) atoms. The van der Waals surface area contributed by atoms with Crippen molar-refractivity contribution in [2.75, 3.05) is 6.61 Å². The van der Waals surface area contributed by atoms with E-state index in [0.29, 0.717) is 12.8 Å². The molecule has 2 fully saturated rings. The lowest BCUT2D eigenvalue weighted by Crippen LogP contribution is -2.35. The summed E-state index contributed by atoms with van der Waals surface area (Å²) in [7, 11) is 0. The van der Waals surface area contributed by atoms with Gasteiger partial charge in [-0.25, -0.2) is 0 Å². The van der Waals surface area contributed by atoms with Crippen molar-refractivity contribution in [3.05, 3.63) is 59.7 Å². The summed E-state index contributed by atoms with van der Waals surface area (Å²) in [5.74, 6) is 2.17. The summed E-state index contributed by atoms with van der Waals surface area (Å²) in [6, 6.07) is 14.4. The molecule has 0 spiro atoms. The van der Waals surface area contributed by atoms with Crippen LogP contribution in [0.2, 0.25) is 0 Å². The van der Waals surface area contributed by atoms with E-state index < -0.39 is 5.41 Å². The summed E-state index contributed by atoms with van der Waals surface area (Å²) in [6.07, 6.45) is 12.2. The van der Waals surface area contributed by atoms with Crippen LogP contribution in [-0.2, 0) is 14.9 Å². The molecule has 2 bridgehead atoms. The van der Waals surface area contributed by atoms with Crippen LogP contribution >= 0.6 is 0 Å². The van der Waals surface area contributed by atoms with Gasteiger partial charge >= 0.3 is 0 Å². The van der Waals surface area contributed by atoms with Crippen LogP contribution in [0.15, 0.2) is 48.5 Å². The molecule has 0 saturated heterocycles. The minimum Gasteiger partial charge on any atom is -0.508 e. The van der Waals surface area contributed by atoms with Gasteiger partial charge in [0.25, 0.3) is 0 Å². The van der Waals surface area contributed by atoms with Gasteiger partial charge in [-0.1, -0.05) is 63.8 Å². The van der Waals surface area contributed by atoms with Crippen molar-refractivity contribution >= 4 is 5.78 Å². The average Bonchev–Trinajstić information content (AvgIpc) is 3.20. The Morgan fingerprint density at radius 2 is 1.51 bits per heavy atom. The van der Waals surface area contributed by atoms with Gasteiger partial charge in [0.1, 0.15) is 18.1 Å². The van der Waals surface area contributed by atoms with Gasteiger partial charge in [-0.15, -0.1) is 0 Å². The lowest BCUT2D eigenvalue weighted by molar-refractivity contribution is -0.134. The molecular formula is C31H42O4. The highest BCUT2D eigenvalue weighted by Crippen LogP contribution is 2.44. The van der Waals surface area contributed by atoms with E-state index in [1.165, 1.54) is 38.5 Å². The van der Waals surface area contributed by atoms with Crippen LogP contribution in [0.25, 0.3) is 0 Å². The van der Waals surface area contributed by atoms with Crippen molar-refractivity contribution in [3.8, 4) is 11.5 Å². The number of phenols is 2. The third-order valence-electron chi connectivity index (χ3n) is 8.91. The Hall–Kier alpha value is -2.33. The maximum Gasteiger partial charge on any atom is 0.158 e. The molecule has 190 valence electrons. The molecule has 4 heteroatoms. The summed E-state index contributed by atoms with van der Waals surface area (Å²) in [6.45, 7) is 4.54. The number of benzene rings is 2. The number of aromatic hydroxyl groups is 2. The van der Waals surface area contributed by atoms with Crippen LogP contribution in [0.4, 0.5) is 0 Å². The molecule has 0 aromatic heterocycles. The highest BCUT2D eigenvalue weighted by Gasteiger charge is 2.38. The number of carbonyl (C=O) groups is 1.